The third kappa shape index (κ3) is 5.74. The summed E-state index contributed by atoms with van der Waals surface area (Å²) >= 11 is 0. The summed E-state index contributed by atoms with van der Waals surface area (Å²) in [6.45, 7) is 9.21. The molecule has 90 valence electrons. The van der Waals surface area contributed by atoms with Crippen molar-refractivity contribution in [2.45, 2.75) is 39.8 Å². The zero-order valence-electron chi connectivity index (χ0n) is 10.5. The van der Waals surface area contributed by atoms with Crippen LogP contribution < -0.4 is 10.6 Å². The van der Waals surface area contributed by atoms with Crippen LogP contribution >= 0.6 is 0 Å². The highest BCUT2D eigenvalue weighted by molar-refractivity contribution is 5.81. The maximum atomic E-state index is 11.6. The van der Waals surface area contributed by atoms with E-state index >= 15 is 0 Å². The Hall–Kier alpha value is -0.610. The van der Waals surface area contributed by atoms with Crippen LogP contribution in [0, 0.1) is 5.92 Å². The number of rotatable bonds is 7. The number of hydrogen-bond donors (Lipinski definition) is 2. The number of nitrogens with one attached hydrogen (secondary N) is 2. The lowest BCUT2D eigenvalue weighted by molar-refractivity contribution is -0.124. The van der Waals surface area contributed by atoms with E-state index in [2.05, 4.69) is 24.5 Å². The third-order valence-electron chi connectivity index (χ3n) is 2.46. The zero-order valence-corrected chi connectivity index (χ0v) is 10.5. The first-order chi connectivity index (χ1) is 7.02. The Morgan fingerprint density at radius 1 is 1.33 bits per heavy atom. The van der Waals surface area contributed by atoms with E-state index in [0.717, 1.165) is 0 Å². The predicted molar refractivity (Wildman–Crippen MR) is 61.8 cm³/mol. The Bertz CT molecular complexity index is 183. The van der Waals surface area contributed by atoms with Gasteiger partial charge < -0.3 is 15.4 Å². The SMILES string of the molecule is CCOCC(NC(=O)C(C)NC)C(C)C. The van der Waals surface area contributed by atoms with Gasteiger partial charge in [0, 0.05) is 6.61 Å². The standard InChI is InChI=1S/C11H24N2O2/c1-6-15-7-10(8(2)3)13-11(14)9(4)12-5/h8-10,12H,6-7H2,1-5H3,(H,13,14). The molecule has 0 aliphatic carbocycles. The van der Waals surface area contributed by atoms with Gasteiger partial charge >= 0.3 is 0 Å². The number of hydrogen-bond acceptors (Lipinski definition) is 3. The van der Waals surface area contributed by atoms with Crippen LogP contribution in [0.4, 0.5) is 0 Å². The molecule has 0 aromatic heterocycles. The van der Waals surface area contributed by atoms with Gasteiger partial charge in [0.05, 0.1) is 18.7 Å². The average molecular weight is 216 g/mol. The van der Waals surface area contributed by atoms with Crippen molar-refractivity contribution in [1.29, 1.82) is 0 Å². The van der Waals surface area contributed by atoms with Crippen molar-refractivity contribution >= 4 is 5.91 Å². The monoisotopic (exact) mass is 216 g/mol. The van der Waals surface area contributed by atoms with Gasteiger partial charge in [-0.2, -0.15) is 0 Å². The van der Waals surface area contributed by atoms with Gasteiger partial charge in [-0.1, -0.05) is 13.8 Å². The first kappa shape index (κ1) is 14.4. The van der Waals surface area contributed by atoms with Crippen LogP contribution in [0.25, 0.3) is 0 Å². The molecule has 0 saturated heterocycles. The molecule has 1 amide bonds. The van der Waals surface area contributed by atoms with Crippen LogP contribution in [-0.2, 0) is 9.53 Å². The quantitative estimate of drug-likeness (QED) is 0.661. The van der Waals surface area contributed by atoms with Gasteiger partial charge in [0.1, 0.15) is 0 Å². The highest BCUT2D eigenvalue weighted by atomic mass is 16.5. The minimum absolute atomic E-state index is 0.0240. The van der Waals surface area contributed by atoms with Crippen molar-refractivity contribution in [2.24, 2.45) is 5.92 Å². The number of amides is 1. The molecule has 4 nitrogen and oxygen atoms in total. The van der Waals surface area contributed by atoms with E-state index in [9.17, 15) is 4.79 Å². The predicted octanol–water partition coefficient (Wildman–Crippen LogP) is 0.772. The molecule has 15 heavy (non-hydrogen) atoms. The molecule has 0 radical (unpaired) electrons. The minimum Gasteiger partial charge on any atom is -0.380 e. The molecule has 2 atom stereocenters. The molecule has 0 spiro atoms. The van der Waals surface area contributed by atoms with Crippen molar-refractivity contribution < 1.29 is 9.53 Å². The fourth-order valence-electron chi connectivity index (χ4n) is 1.08. The second kappa shape index (κ2) is 7.65. The molecule has 0 aromatic rings. The van der Waals surface area contributed by atoms with Gasteiger partial charge in [-0.3, -0.25) is 4.79 Å². The van der Waals surface area contributed by atoms with Crippen LogP contribution in [0.5, 0.6) is 0 Å². The lowest BCUT2D eigenvalue weighted by atomic mass is 10.1. The Morgan fingerprint density at radius 2 is 1.93 bits per heavy atom. The molecule has 0 heterocycles. The number of ether oxygens (including phenoxy) is 1. The van der Waals surface area contributed by atoms with Crippen molar-refractivity contribution in [2.75, 3.05) is 20.3 Å². The second-order valence-corrected chi connectivity index (χ2v) is 4.03. The normalized spacial score (nSPS) is 15.1. The Balaban J connectivity index is 4.09. The van der Waals surface area contributed by atoms with Crippen LogP contribution in [0.3, 0.4) is 0 Å². The molecule has 0 aliphatic rings. The van der Waals surface area contributed by atoms with E-state index in [0.29, 0.717) is 19.1 Å². The zero-order chi connectivity index (χ0) is 11.8. The summed E-state index contributed by atoms with van der Waals surface area (Å²) in [6, 6.07) is -0.0684. The van der Waals surface area contributed by atoms with Crippen molar-refractivity contribution in [1.82, 2.24) is 10.6 Å². The Morgan fingerprint density at radius 3 is 2.33 bits per heavy atom. The van der Waals surface area contributed by atoms with Gasteiger partial charge in [0.2, 0.25) is 5.91 Å². The van der Waals surface area contributed by atoms with Gasteiger partial charge in [-0.25, -0.2) is 0 Å². The smallest absolute Gasteiger partial charge is 0.237 e. The summed E-state index contributed by atoms with van der Waals surface area (Å²) in [4.78, 5) is 11.6. The highest BCUT2D eigenvalue weighted by Crippen LogP contribution is 2.02. The van der Waals surface area contributed by atoms with Crippen molar-refractivity contribution in [3.8, 4) is 0 Å². The molecule has 2 N–H and O–H groups in total. The van der Waals surface area contributed by atoms with Crippen LogP contribution in [0.15, 0.2) is 0 Å². The van der Waals surface area contributed by atoms with Gasteiger partial charge in [-0.15, -0.1) is 0 Å². The summed E-state index contributed by atoms with van der Waals surface area (Å²) in [7, 11) is 1.77. The fourth-order valence-corrected chi connectivity index (χ4v) is 1.08. The van der Waals surface area contributed by atoms with E-state index in [1.165, 1.54) is 0 Å². The first-order valence-electron chi connectivity index (χ1n) is 5.58. The maximum absolute atomic E-state index is 11.6. The minimum atomic E-state index is -0.159. The van der Waals surface area contributed by atoms with Crippen LogP contribution in [-0.4, -0.2) is 38.3 Å². The number of carbonyl (C=O) groups excluding carboxylic acids is 1. The molecule has 2 unspecified atom stereocenters. The summed E-state index contributed by atoms with van der Waals surface area (Å²) in [6.07, 6.45) is 0. The van der Waals surface area contributed by atoms with Crippen LogP contribution in [0.1, 0.15) is 27.7 Å². The Labute approximate surface area is 92.8 Å². The van der Waals surface area contributed by atoms with E-state index in [4.69, 9.17) is 4.74 Å². The molecule has 0 aliphatic heterocycles. The molecular formula is C11H24N2O2. The lowest BCUT2D eigenvalue weighted by Crippen LogP contribution is -2.48. The Kier molecular flexibility index (Phi) is 7.34. The molecule has 0 rings (SSSR count). The highest BCUT2D eigenvalue weighted by Gasteiger charge is 2.18. The molecule has 0 bridgehead atoms. The molecule has 0 fully saturated rings. The lowest BCUT2D eigenvalue weighted by Gasteiger charge is -2.23. The fraction of sp³-hybridized carbons (Fsp3) is 0.909. The maximum Gasteiger partial charge on any atom is 0.237 e. The third-order valence-corrected chi connectivity index (χ3v) is 2.46. The number of carbonyl (C=O) groups is 1. The van der Waals surface area contributed by atoms with E-state index in [1.54, 1.807) is 7.05 Å². The van der Waals surface area contributed by atoms with Gasteiger partial charge in [0.25, 0.3) is 0 Å². The molecule has 0 saturated carbocycles. The second-order valence-electron chi connectivity index (χ2n) is 4.03. The van der Waals surface area contributed by atoms with E-state index < -0.39 is 0 Å². The van der Waals surface area contributed by atoms with E-state index in [-0.39, 0.29) is 18.0 Å². The average Bonchev–Trinajstić information content (AvgIpc) is 2.22. The molecular weight excluding hydrogens is 192 g/mol. The van der Waals surface area contributed by atoms with Crippen molar-refractivity contribution in [3.05, 3.63) is 0 Å². The molecule has 4 heteroatoms. The molecule has 0 aromatic carbocycles. The summed E-state index contributed by atoms with van der Waals surface area (Å²) in [5.74, 6) is 0.403. The van der Waals surface area contributed by atoms with Crippen LogP contribution in [0.2, 0.25) is 0 Å². The topological polar surface area (TPSA) is 50.4 Å². The summed E-state index contributed by atoms with van der Waals surface area (Å²) < 4.78 is 5.34. The van der Waals surface area contributed by atoms with Gasteiger partial charge in [-0.05, 0) is 26.8 Å². The number of likely N-dealkylation sites (N-methyl/N-ethyl adjacent to an activating group) is 1. The van der Waals surface area contributed by atoms with E-state index in [1.807, 2.05) is 13.8 Å². The summed E-state index contributed by atoms with van der Waals surface area (Å²) in [5, 5.41) is 5.89. The first-order valence-corrected chi connectivity index (χ1v) is 5.58. The van der Waals surface area contributed by atoms with Crippen molar-refractivity contribution in [3.63, 3.8) is 0 Å². The largest absolute Gasteiger partial charge is 0.380 e. The van der Waals surface area contributed by atoms with Gasteiger partial charge in [0.15, 0.2) is 0 Å². The summed E-state index contributed by atoms with van der Waals surface area (Å²) in [5.41, 5.74) is 0.